The summed E-state index contributed by atoms with van der Waals surface area (Å²) >= 11 is 0. The molecule has 0 spiro atoms. The minimum atomic E-state index is -4.80. The number of alkyl halides is 3. The molecular formula is C23H23F3N4O2. The highest BCUT2D eigenvalue weighted by molar-refractivity contribution is 6.05. The lowest BCUT2D eigenvalue weighted by Gasteiger charge is -2.35. The van der Waals surface area contributed by atoms with Crippen LogP contribution in [-0.2, 0) is 6.18 Å². The van der Waals surface area contributed by atoms with E-state index in [0.717, 1.165) is 18.7 Å². The van der Waals surface area contributed by atoms with Crippen molar-refractivity contribution in [3.8, 4) is 6.07 Å². The monoisotopic (exact) mass is 444 g/mol. The minimum absolute atomic E-state index is 0.137. The van der Waals surface area contributed by atoms with Gasteiger partial charge in [0.15, 0.2) is 5.69 Å². The predicted octanol–water partition coefficient (Wildman–Crippen LogP) is 4.65. The van der Waals surface area contributed by atoms with Gasteiger partial charge in [-0.25, -0.2) is 4.98 Å². The quantitative estimate of drug-likeness (QED) is 0.747. The first kappa shape index (κ1) is 23.3. The van der Waals surface area contributed by atoms with E-state index in [2.05, 4.69) is 24.1 Å². The van der Waals surface area contributed by atoms with E-state index in [1.165, 1.54) is 6.07 Å². The molecule has 0 saturated carbocycles. The van der Waals surface area contributed by atoms with E-state index in [1.54, 1.807) is 30.0 Å². The number of carbonyl (C=O) groups excluding carboxylic acids is 2. The molecular weight excluding hydrogens is 421 g/mol. The number of likely N-dealkylation sites (tertiary alicyclic amines) is 1. The number of piperidine rings is 1. The first-order chi connectivity index (χ1) is 15.0. The molecule has 0 bridgehead atoms. The predicted molar refractivity (Wildman–Crippen MR) is 112 cm³/mol. The molecule has 1 aliphatic rings. The Kier molecular flexibility index (Phi) is 6.53. The summed E-state index contributed by atoms with van der Waals surface area (Å²) < 4.78 is 38.8. The minimum Gasteiger partial charge on any atom is -0.338 e. The van der Waals surface area contributed by atoms with E-state index in [4.69, 9.17) is 5.26 Å². The van der Waals surface area contributed by atoms with Crippen LogP contribution < -0.4 is 5.32 Å². The lowest BCUT2D eigenvalue weighted by atomic mass is 9.91. The van der Waals surface area contributed by atoms with Gasteiger partial charge >= 0.3 is 6.18 Å². The molecule has 1 N–H and O–H groups in total. The third-order valence-electron chi connectivity index (χ3n) is 5.43. The summed E-state index contributed by atoms with van der Waals surface area (Å²) in [4.78, 5) is 30.7. The van der Waals surface area contributed by atoms with E-state index in [1.807, 2.05) is 0 Å². The molecule has 2 atom stereocenters. The molecule has 2 heterocycles. The normalized spacial score (nSPS) is 18.7. The number of nitrogens with one attached hydrogen (secondary N) is 1. The van der Waals surface area contributed by atoms with Crippen molar-refractivity contribution in [2.75, 3.05) is 18.4 Å². The second kappa shape index (κ2) is 8.99. The molecule has 32 heavy (non-hydrogen) atoms. The van der Waals surface area contributed by atoms with Crippen LogP contribution in [0.1, 0.15) is 57.8 Å². The van der Waals surface area contributed by atoms with Crippen LogP contribution >= 0.6 is 0 Å². The lowest BCUT2D eigenvalue weighted by molar-refractivity contribution is -0.141. The van der Waals surface area contributed by atoms with Crippen molar-refractivity contribution < 1.29 is 22.8 Å². The van der Waals surface area contributed by atoms with Crippen LogP contribution in [0.2, 0.25) is 0 Å². The SMILES string of the molecule is Cc1ccc(C(=O)N2CC(C)CC(C)C2)cc1NC(=O)c1cnc(C(F)(F)F)c(C#N)c1. The zero-order valence-electron chi connectivity index (χ0n) is 18.0. The number of amides is 2. The number of carbonyl (C=O) groups is 2. The third kappa shape index (κ3) is 5.07. The summed E-state index contributed by atoms with van der Waals surface area (Å²) in [6.45, 7) is 7.26. The summed E-state index contributed by atoms with van der Waals surface area (Å²) in [6, 6.07) is 7.22. The number of nitriles is 1. The van der Waals surface area contributed by atoms with Gasteiger partial charge in [-0.15, -0.1) is 0 Å². The van der Waals surface area contributed by atoms with Gasteiger partial charge in [-0.1, -0.05) is 19.9 Å². The standard InChI is InChI=1S/C23H23F3N4O2/c1-13-6-14(2)12-30(11-13)22(32)16-5-4-15(3)19(8-16)29-21(31)18-7-17(9-27)20(28-10-18)23(24,25)26/h4-5,7-8,10,13-14H,6,11-12H2,1-3H3,(H,29,31). The molecule has 1 aromatic heterocycles. The lowest BCUT2D eigenvalue weighted by Crippen LogP contribution is -2.42. The highest BCUT2D eigenvalue weighted by Gasteiger charge is 2.36. The van der Waals surface area contributed by atoms with Gasteiger partial charge < -0.3 is 10.2 Å². The van der Waals surface area contributed by atoms with Gasteiger partial charge in [0.25, 0.3) is 11.8 Å². The topological polar surface area (TPSA) is 86.1 Å². The highest BCUT2D eigenvalue weighted by Crippen LogP contribution is 2.30. The second-order valence-corrected chi connectivity index (χ2v) is 8.37. The Morgan fingerprint density at radius 1 is 1.16 bits per heavy atom. The van der Waals surface area contributed by atoms with Crippen molar-refractivity contribution in [3.05, 3.63) is 58.4 Å². The summed E-state index contributed by atoms with van der Waals surface area (Å²) in [5.41, 5.74) is -0.822. The van der Waals surface area contributed by atoms with E-state index in [-0.39, 0.29) is 11.5 Å². The zero-order chi connectivity index (χ0) is 23.6. The highest BCUT2D eigenvalue weighted by atomic mass is 19.4. The number of benzene rings is 1. The molecule has 3 rings (SSSR count). The van der Waals surface area contributed by atoms with Crippen LogP contribution in [0.3, 0.4) is 0 Å². The molecule has 2 unspecified atom stereocenters. The Labute approximate surface area is 184 Å². The van der Waals surface area contributed by atoms with Gasteiger partial charge in [0.2, 0.25) is 0 Å². The molecule has 2 aromatic rings. The molecule has 6 nitrogen and oxygen atoms in total. The molecule has 0 radical (unpaired) electrons. The largest absolute Gasteiger partial charge is 0.434 e. The van der Waals surface area contributed by atoms with Crippen LogP contribution in [0, 0.1) is 30.1 Å². The Morgan fingerprint density at radius 2 is 1.81 bits per heavy atom. The maximum Gasteiger partial charge on any atom is 0.434 e. The fourth-order valence-electron chi connectivity index (χ4n) is 4.00. The van der Waals surface area contributed by atoms with Gasteiger partial charge in [0, 0.05) is 30.5 Å². The summed E-state index contributed by atoms with van der Waals surface area (Å²) in [7, 11) is 0. The molecule has 168 valence electrons. The van der Waals surface area contributed by atoms with Crippen LogP contribution in [0.25, 0.3) is 0 Å². The fraction of sp³-hybridized carbons (Fsp3) is 0.391. The molecule has 1 aromatic carbocycles. The summed E-state index contributed by atoms with van der Waals surface area (Å²) in [6.07, 6.45) is -2.96. The summed E-state index contributed by atoms with van der Waals surface area (Å²) in [5, 5.41) is 11.6. The smallest absolute Gasteiger partial charge is 0.338 e. The second-order valence-electron chi connectivity index (χ2n) is 8.37. The number of aromatic nitrogens is 1. The molecule has 1 aliphatic heterocycles. The van der Waals surface area contributed by atoms with Crippen molar-refractivity contribution in [3.63, 3.8) is 0 Å². The number of halogens is 3. The van der Waals surface area contributed by atoms with Gasteiger partial charge in [-0.2, -0.15) is 18.4 Å². The molecule has 1 fully saturated rings. The summed E-state index contributed by atoms with van der Waals surface area (Å²) in [5.74, 6) is -0.0693. The van der Waals surface area contributed by atoms with Crippen molar-refractivity contribution in [2.45, 2.75) is 33.4 Å². The first-order valence-electron chi connectivity index (χ1n) is 10.2. The number of rotatable bonds is 3. The van der Waals surface area contributed by atoms with Crippen molar-refractivity contribution in [2.24, 2.45) is 11.8 Å². The van der Waals surface area contributed by atoms with Gasteiger partial charge in [-0.05, 0) is 48.9 Å². The third-order valence-corrected chi connectivity index (χ3v) is 5.43. The van der Waals surface area contributed by atoms with Crippen LogP contribution in [0.4, 0.5) is 18.9 Å². The van der Waals surface area contributed by atoms with Crippen LogP contribution in [-0.4, -0.2) is 34.8 Å². The number of hydrogen-bond acceptors (Lipinski definition) is 4. The van der Waals surface area contributed by atoms with Crippen LogP contribution in [0.15, 0.2) is 30.5 Å². The van der Waals surface area contributed by atoms with E-state index in [0.29, 0.717) is 41.7 Å². The van der Waals surface area contributed by atoms with Crippen molar-refractivity contribution in [1.29, 1.82) is 5.26 Å². The molecule has 9 heteroatoms. The van der Waals surface area contributed by atoms with Crippen molar-refractivity contribution >= 4 is 17.5 Å². The van der Waals surface area contributed by atoms with Gasteiger partial charge in [0.1, 0.15) is 6.07 Å². The number of nitrogens with zero attached hydrogens (tertiary/aromatic N) is 3. The Morgan fingerprint density at radius 3 is 2.41 bits per heavy atom. The number of hydrogen-bond donors (Lipinski definition) is 1. The average molecular weight is 444 g/mol. The average Bonchev–Trinajstić information content (AvgIpc) is 2.72. The van der Waals surface area contributed by atoms with Crippen LogP contribution in [0.5, 0.6) is 0 Å². The van der Waals surface area contributed by atoms with Gasteiger partial charge in [-0.3, -0.25) is 9.59 Å². The molecule has 0 aliphatic carbocycles. The van der Waals surface area contributed by atoms with Gasteiger partial charge in [0.05, 0.1) is 11.1 Å². The Hall–Kier alpha value is -3.41. The Bertz CT molecular complexity index is 1080. The van der Waals surface area contributed by atoms with E-state index >= 15 is 0 Å². The van der Waals surface area contributed by atoms with Crippen molar-refractivity contribution in [1.82, 2.24) is 9.88 Å². The Balaban J connectivity index is 1.83. The molecule has 1 saturated heterocycles. The maximum absolute atomic E-state index is 13.0. The maximum atomic E-state index is 13.0. The van der Waals surface area contributed by atoms with E-state index < -0.39 is 23.3 Å². The number of pyridine rings is 1. The zero-order valence-corrected chi connectivity index (χ0v) is 18.0. The number of aryl methyl sites for hydroxylation is 1. The molecule has 2 amide bonds. The number of anilines is 1. The first-order valence-corrected chi connectivity index (χ1v) is 10.2. The van der Waals surface area contributed by atoms with E-state index in [9.17, 15) is 22.8 Å². The fourth-order valence-corrected chi connectivity index (χ4v) is 4.00.